The van der Waals surface area contributed by atoms with E-state index >= 15 is 0 Å². The van der Waals surface area contributed by atoms with Gasteiger partial charge in [0.05, 0.1) is 17.3 Å². The van der Waals surface area contributed by atoms with E-state index in [2.05, 4.69) is 10.6 Å². The van der Waals surface area contributed by atoms with Crippen LogP contribution in [0.4, 0.5) is 21.9 Å². The Balaban J connectivity index is 1.96. The molecular formula is C15H16ClN3O2. The zero-order chi connectivity index (χ0) is 15.2. The Kier molecular flexibility index (Phi) is 4.90. The first-order chi connectivity index (χ1) is 10.1. The second-order valence-corrected chi connectivity index (χ2v) is 4.68. The van der Waals surface area contributed by atoms with Gasteiger partial charge in [0.25, 0.3) is 0 Å². The molecular weight excluding hydrogens is 290 g/mol. The maximum atomic E-state index is 11.9. The van der Waals surface area contributed by atoms with E-state index in [1.54, 1.807) is 42.5 Å². The summed E-state index contributed by atoms with van der Waals surface area (Å²) in [5, 5.41) is 5.79. The number of rotatable bonds is 4. The number of amides is 2. The van der Waals surface area contributed by atoms with Crippen molar-refractivity contribution in [1.82, 2.24) is 0 Å². The van der Waals surface area contributed by atoms with Gasteiger partial charge in [0.2, 0.25) is 0 Å². The first-order valence-electron chi connectivity index (χ1n) is 6.44. The van der Waals surface area contributed by atoms with E-state index in [1.165, 1.54) is 0 Å². The van der Waals surface area contributed by atoms with Gasteiger partial charge in [-0.1, -0.05) is 11.6 Å². The van der Waals surface area contributed by atoms with Crippen LogP contribution in [0.5, 0.6) is 5.75 Å². The van der Waals surface area contributed by atoms with Gasteiger partial charge < -0.3 is 21.1 Å². The Morgan fingerprint density at radius 1 is 1.14 bits per heavy atom. The molecule has 0 unspecified atom stereocenters. The molecule has 0 aliphatic carbocycles. The first-order valence-corrected chi connectivity index (χ1v) is 6.82. The van der Waals surface area contributed by atoms with Crippen LogP contribution in [0.25, 0.3) is 0 Å². The minimum Gasteiger partial charge on any atom is -0.494 e. The van der Waals surface area contributed by atoms with Crippen LogP contribution in [0.1, 0.15) is 6.92 Å². The van der Waals surface area contributed by atoms with Crippen LogP contribution in [0.15, 0.2) is 42.5 Å². The molecule has 0 aliphatic rings. The average Bonchev–Trinajstić information content (AvgIpc) is 2.45. The number of benzene rings is 2. The molecule has 2 rings (SSSR count). The molecule has 21 heavy (non-hydrogen) atoms. The smallest absolute Gasteiger partial charge is 0.323 e. The van der Waals surface area contributed by atoms with Crippen molar-refractivity contribution < 1.29 is 9.53 Å². The lowest BCUT2D eigenvalue weighted by atomic mass is 10.3. The first kappa shape index (κ1) is 15.0. The van der Waals surface area contributed by atoms with Gasteiger partial charge in [-0.05, 0) is 49.4 Å². The molecule has 0 aromatic heterocycles. The Morgan fingerprint density at radius 2 is 1.76 bits per heavy atom. The molecule has 6 heteroatoms. The molecule has 110 valence electrons. The number of carbonyl (C=O) groups is 1. The third kappa shape index (κ3) is 4.29. The van der Waals surface area contributed by atoms with Crippen LogP contribution >= 0.6 is 11.6 Å². The fourth-order valence-corrected chi connectivity index (χ4v) is 1.88. The summed E-state index contributed by atoms with van der Waals surface area (Å²) in [7, 11) is 0. The SMILES string of the molecule is CCOc1ccc(NC(=O)Nc2ccc(N)c(Cl)c2)cc1. The van der Waals surface area contributed by atoms with Crippen molar-refractivity contribution in [3.05, 3.63) is 47.5 Å². The van der Waals surface area contributed by atoms with Crippen molar-refractivity contribution in [3.63, 3.8) is 0 Å². The normalized spacial score (nSPS) is 10.0. The van der Waals surface area contributed by atoms with Crippen molar-refractivity contribution in [2.45, 2.75) is 6.92 Å². The van der Waals surface area contributed by atoms with Gasteiger partial charge in [0, 0.05) is 11.4 Å². The van der Waals surface area contributed by atoms with Crippen molar-refractivity contribution in [1.29, 1.82) is 0 Å². The number of carbonyl (C=O) groups excluding carboxylic acids is 1. The monoisotopic (exact) mass is 305 g/mol. The molecule has 0 radical (unpaired) electrons. The van der Waals surface area contributed by atoms with Crippen molar-refractivity contribution in [2.24, 2.45) is 0 Å². The lowest BCUT2D eigenvalue weighted by Crippen LogP contribution is -2.19. The number of halogens is 1. The Hall–Kier alpha value is -2.40. The maximum Gasteiger partial charge on any atom is 0.323 e. The summed E-state index contributed by atoms with van der Waals surface area (Å²) in [5.41, 5.74) is 7.31. The summed E-state index contributed by atoms with van der Waals surface area (Å²) in [6.07, 6.45) is 0. The molecule has 2 aromatic rings. The molecule has 2 amide bonds. The summed E-state index contributed by atoms with van der Waals surface area (Å²) < 4.78 is 5.33. The topological polar surface area (TPSA) is 76.4 Å². The van der Waals surface area contributed by atoms with Gasteiger partial charge >= 0.3 is 6.03 Å². The highest BCUT2D eigenvalue weighted by atomic mass is 35.5. The number of urea groups is 1. The lowest BCUT2D eigenvalue weighted by Gasteiger charge is -2.09. The van der Waals surface area contributed by atoms with E-state index < -0.39 is 0 Å². The summed E-state index contributed by atoms with van der Waals surface area (Å²) in [5.74, 6) is 0.758. The predicted octanol–water partition coefficient (Wildman–Crippen LogP) is 3.96. The third-order valence-electron chi connectivity index (χ3n) is 2.68. The number of nitrogens with one attached hydrogen (secondary N) is 2. The number of hydrogen-bond donors (Lipinski definition) is 3. The minimum absolute atomic E-state index is 0.361. The maximum absolute atomic E-state index is 11.9. The van der Waals surface area contributed by atoms with E-state index in [1.807, 2.05) is 6.92 Å². The third-order valence-corrected chi connectivity index (χ3v) is 3.01. The zero-order valence-electron chi connectivity index (χ0n) is 11.5. The highest BCUT2D eigenvalue weighted by Gasteiger charge is 2.04. The Morgan fingerprint density at radius 3 is 2.38 bits per heavy atom. The number of anilines is 3. The molecule has 5 nitrogen and oxygen atoms in total. The van der Waals surface area contributed by atoms with Crippen molar-refractivity contribution in [2.75, 3.05) is 23.0 Å². The van der Waals surface area contributed by atoms with Crippen LogP contribution in [0, 0.1) is 0 Å². The molecule has 0 bridgehead atoms. The van der Waals surface area contributed by atoms with Crippen LogP contribution in [-0.2, 0) is 0 Å². The molecule has 0 fully saturated rings. The molecule has 2 aromatic carbocycles. The van der Waals surface area contributed by atoms with Gasteiger partial charge in [0.15, 0.2) is 0 Å². The quantitative estimate of drug-likeness (QED) is 0.748. The van der Waals surface area contributed by atoms with Crippen LogP contribution < -0.4 is 21.1 Å². The number of hydrogen-bond acceptors (Lipinski definition) is 3. The summed E-state index contributed by atoms with van der Waals surface area (Å²) in [6.45, 7) is 2.52. The second-order valence-electron chi connectivity index (χ2n) is 4.27. The van der Waals surface area contributed by atoms with Gasteiger partial charge in [0.1, 0.15) is 5.75 Å². The van der Waals surface area contributed by atoms with E-state index in [0.29, 0.717) is 28.7 Å². The molecule has 0 atom stereocenters. The zero-order valence-corrected chi connectivity index (χ0v) is 12.3. The molecule has 0 spiro atoms. The summed E-state index contributed by atoms with van der Waals surface area (Å²) in [6, 6.07) is 11.7. The highest BCUT2D eigenvalue weighted by Crippen LogP contribution is 2.23. The Labute approximate surface area is 128 Å². The van der Waals surface area contributed by atoms with Crippen LogP contribution in [0.3, 0.4) is 0 Å². The average molecular weight is 306 g/mol. The van der Waals surface area contributed by atoms with Gasteiger partial charge in [-0.3, -0.25) is 0 Å². The van der Waals surface area contributed by atoms with Gasteiger partial charge in [-0.15, -0.1) is 0 Å². The molecule has 0 saturated heterocycles. The standard InChI is InChI=1S/C15H16ClN3O2/c1-2-21-12-6-3-10(4-7-12)18-15(20)19-11-5-8-14(17)13(16)9-11/h3-9H,2,17H2,1H3,(H2,18,19,20). The molecule has 4 N–H and O–H groups in total. The summed E-state index contributed by atoms with van der Waals surface area (Å²) in [4.78, 5) is 11.9. The fraction of sp³-hybridized carbons (Fsp3) is 0.133. The number of ether oxygens (including phenoxy) is 1. The Bertz CT molecular complexity index is 629. The van der Waals surface area contributed by atoms with E-state index in [-0.39, 0.29) is 6.03 Å². The van der Waals surface area contributed by atoms with Crippen molar-refractivity contribution in [3.8, 4) is 5.75 Å². The highest BCUT2D eigenvalue weighted by molar-refractivity contribution is 6.33. The molecule has 0 heterocycles. The predicted molar refractivity (Wildman–Crippen MR) is 86.1 cm³/mol. The summed E-state index contributed by atoms with van der Waals surface area (Å²) >= 11 is 5.89. The second kappa shape index (κ2) is 6.85. The minimum atomic E-state index is -0.361. The fourth-order valence-electron chi connectivity index (χ4n) is 1.70. The van der Waals surface area contributed by atoms with E-state index in [9.17, 15) is 4.79 Å². The van der Waals surface area contributed by atoms with Crippen LogP contribution in [0.2, 0.25) is 5.02 Å². The molecule has 0 saturated carbocycles. The van der Waals surface area contributed by atoms with Gasteiger partial charge in [-0.25, -0.2) is 4.79 Å². The van der Waals surface area contributed by atoms with E-state index in [4.69, 9.17) is 22.1 Å². The van der Waals surface area contributed by atoms with Crippen molar-refractivity contribution >= 4 is 34.7 Å². The van der Waals surface area contributed by atoms with E-state index in [0.717, 1.165) is 5.75 Å². The molecule has 0 aliphatic heterocycles. The van der Waals surface area contributed by atoms with Gasteiger partial charge in [-0.2, -0.15) is 0 Å². The lowest BCUT2D eigenvalue weighted by molar-refractivity contribution is 0.262. The number of nitrogens with two attached hydrogens (primary N) is 1. The number of nitrogen functional groups attached to an aromatic ring is 1. The largest absolute Gasteiger partial charge is 0.494 e. The van der Waals surface area contributed by atoms with Crippen LogP contribution in [-0.4, -0.2) is 12.6 Å².